The molecule has 0 heterocycles. The highest BCUT2D eigenvalue weighted by atomic mass is 31.2. The summed E-state index contributed by atoms with van der Waals surface area (Å²) in [6.07, 6.45) is 8.11. The van der Waals surface area contributed by atoms with Crippen molar-refractivity contribution < 1.29 is 13.6 Å². The summed E-state index contributed by atoms with van der Waals surface area (Å²) in [5.74, 6) is 1.03. The molecule has 1 rings (SSSR count). The van der Waals surface area contributed by atoms with Gasteiger partial charge in [0.2, 0.25) is 0 Å². The van der Waals surface area contributed by atoms with Crippen LogP contribution < -0.4 is 4.52 Å². The van der Waals surface area contributed by atoms with Gasteiger partial charge in [0, 0.05) is 0 Å². The average Bonchev–Trinajstić information content (AvgIpc) is 2.56. The van der Waals surface area contributed by atoms with Crippen LogP contribution in [-0.2, 0) is 9.09 Å². The van der Waals surface area contributed by atoms with Crippen molar-refractivity contribution >= 4 is 7.60 Å². The van der Waals surface area contributed by atoms with E-state index in [4.69, 9.17) is 9.05 Å². The number of hydrogen-bond acceptors (Lipinski definition) is 3. The summed E-state index contributed by atoms with van der Waals surface area (Å²) in [6, 6.07) is 7.86. The third-order valence-electron chi connectivity index (χ3n) is 4.10. The van der Waals surface area contributed by atoms with Crippen LogP contribution in [-0.4, -0.2) is 12.8 Å². The van der Waals surface area contributed by atoms with Crippen LogP contribution in [0.3, 0.4) is 0 Å². The highest BCUT2D eigenvalue weighted by Crippen LogP contribution is 2.50. The molecule has 0 aliphatic carbocycles. The fourth-order valence-corrected chi connectivity index (χ4v) is 4.44. The van der Waals surface area contributed by atoms with Gasteiger partial charge in [0.1, 0.15) is 5.75 Å². The molecule has 1 unspecified atom stereocenters. The minimum Gasteiger partial charge on any atom is -0.424 e. The first kappa shape index (κ1) is 21.3. The smallest absolute Gasteiger partial charge is 0.379 e. The summed E-state index contributed by atoms with van der Waals surface area (Å²) < 4.78 is 24.9. The van der Waals surface area contributed by atoms with Crippen LogP contribution >= 0.6 is 7.60 Å². The fourth-order valence-electron chi connectivity index (χ4n) is 2.59. The Hall–Kier alpha value is -0.790. The normalized spacial score (nSPS) is 13.9. The number of benzene rings is 1. The first-order chi connectivity index (χ1) is 11.5. The highest BCUT2D eigenvalue weighted by Gasteiger charge is 2.26. The molecule has 0 N–H and O–H groups in total. The van der Waals surface area contributed by atoms with Crippen molar-refractivity contribution in [3.05, 3.63) is 29.8 Å². The third-order valence-corrected chi connectivity index (χ3v) is 6.01. The van der Waals surface area contributed by atoms with E-state index in [1.165, 1.54) is 19.3 Å². The maximum Gasteiger partial charge on any atom is 0.379 e. The maximum absolute atomic E-state index is 13.2. The van der Waals surface area contributed by atoms with Crippen molar-refractivity contribution in [2.45, 2.75) is 78.6 Å². The van der Waals surface area contributed by atoms with E-state index in [0.29, 0.717) is 24.4 Å². The molecule has 1 aromatic rings. The summed E-state index contributed by atoms with van der Waals surface area (Å²) in [4.78, 5) is 0. The topological polar surface area (TPSA) is 35.5 Å². The molecule has 0 spiro atoms. The summed E-state index contributed by atoms with van der Waals surface area (Å²) in [5, 5.41) is 0. The van der Waals surface area contributed by atoms with E-state index in [0.717, 1.165) is 31.2 Å². The molecular formula is C20H35O3P. The lowest BCUT2D eigenvalue weighted by atomic mass is 10.0. The highest BCUT2D eigenvalue weighted by molar-refractivity contribution is 7.54. The second-order valence-electron chi connectivity index (χ2n) is 6.72. The minimum atomic E-state index is -3.08. The zero-order chi connectivity index (χ0) is 17.8. The van der Waals surface area contributed by atoms with Gasteiger partial charge in [0.15, 0.2) is 0 Å². The average molecular weight is 354 g/mol. The van der Waals surface area contributed by atoms with Crippen LogP contribution in [0.1, 0.15) is 84.1 Å². The Kier molecular flexibility index (Phi) is 10.4. The van der Waals surface area contributed by atoms with Crippen molar-refractivity contribution in [3.8, 4) is 5.75 Å². The third kappa shape index (κ3) is 7.85. The summed E-state index contributed by atoms with van der Waals surface area (Å²) >= 11 is 0. The van der Waals surface area contributed by atoms with Gasteiger partial charge < -0.3 is 4.52 Å². The van der Waals surface area contributed by atoms with Gasteiger partial charge in [-0.2, -0.15) is 0 Å². The second kappa shape index (κ2) is 11.7. The molecule has 24 heavy (non-hydrogen) atoms. The molecule has 0 saturated heterocycles. The van der Waals surface area contributed by atoms with E-state index >= 15 is 0 Å². The lowest BCUT2D eigenvalue weighted by Crippen LogP contribution is -2.06. The van der Waals surface area contributed by atoms with E-state index in [1.54, 1.807) is 0 Å². The first-order valence-electron chi connectivity index (χ1n) is 9.54. The molecule has 0 amide bonds. The number of unbranched alkanes of at least 4 members (excludes halogenated alkanes) is 5. The van der Waals surface area contributed by atoms with Gasteiger partial charge in [0.05, 0.1) is 12.8 Å². The Labute approximate surface area is 148 Å². The predicted octanol–water partition coefficient (Wildman–Crippen LogP) is 7.17. The van der Waals surface area contributed by atoms with Gasteiger partial charge in [-0.05, 0) is 30.4 Å². The van der Waals surface area contributed by atoms with Crippen molar-refractivity contribution in [2.75, 3.05) is 12.8 Å². The molecular weight excluding hydrogens is 319 g/mol. The lowest BCUT2D eigenvalue weighted by molar-refractivity contribution is 0.256. The molecule has 3 nitrogen and oxygen atoms in total. The zero-order valence-electron chi connectivity index (χ0n) is 15.9. The molecule has 0 bridgehead atoms. The van der Waals surface area contributed by atoms with Crippen LogP contribution in [0.4, 0.5) is 0 Å². The van der Waals surface area contributed by atoms with E-state index in [2.05, 4.69) is 27.7 Å². The molecule has 0 aliphatic heterocycles. The van der Waals surface area contributed by atoms with Crippen LogP contribution in [0.2, 0.25) is 0 Å². The molecule has 0 saturated carbocycles. The van der Waals surface area contributed by atoms with Gasteiger partial charge in [-0.1, -0.05) is 78.0 Å². The Morgan fingerprint density at radius 1 is 0.958 bits per heavy atom. The van der Waals surface area contributed by atoms with Crippen molar-refractivity contribution in [1.82, 2.24) is 0 Å². The van der Waals surface area contributed by atoms with Crippen LogP contribution in [0.15, 0.2) is 24.3 Å². The molecule has 0 radical (unpaired) electrons. The predicted molar refractivity (Wildman–Crippen MR) is 103 cm³/mol. The lowest BCUT2D eigenvalue weighted by Gasteiger charge is -2.22. The monoisotopic (exact) mass is 354 g/mol. The standard InChI is InChI=1S/C20H35O3P/c1-5-7-9-10-13-16-22-24(21,17-8-6-2)23-20-15-12-11-14-19(20)18(3)4/h11-12,14-15,18H,5-10,13,16-17H2,1-4H3. The van der Waals surface area contributed by atoms with Crippen molar-refractivity contribution in [1.29, 1.82) is 0 Å². The van der Waals surface area contributed by atoms with Crippen LogP contribution in [0.25, 0.3) is 0 Å². The second-order valence-corrected chi connectivity index (χ2v) is 8.83. The maximum atomic E-state index is 13.2. The number of para-hydroxylation sites is 1. The fraction of sp³-hybridized carbons (Fsp3) is 0.700. The molecule has 0 fully saturated rings. The van der Waals surface area contributed by atoms with E-state index in [9.17, 15) is 4.57 Å². The van der Waals surface area contributed by atoms with Crippen LogP contribution in [0, 0.1) is 0 Å². The van der Waals surface area contributed by atoms with Crippen molar-refractivity contribution in [2.24, 2.45) is 0 Å². The Morgan fingerprint density at radius 3 is 2.29 bits per heavy atom. The van der Waals surface area contributed by atoms with Gasteiger partial charge in [0.25, 0.3) is 0 Å². The number of rotatable bonds is 13. The summed E-state index contributed by atoms with van der Waals surface area (Å²) in [5.41, 5.74) is 1.08. The molecule has 138 valence electrons. The van der Waals surface area contributed by atoms with Gasteiger partial charge in [-0.15, -0.1) is 0 Å². The minimum absolute atomic E-state index is 0.329. The molecule has 1 aromatic carbocycles. The number of hydrogen-bond donors (Lipinski definition) is 0. The van der Waals surface area contributed by atoms with Gasteiger partial charge in [-0.3, -0.25) is 4.52 Å². The van der Waals surface area contributed by atoms with Gasteiger partial charge in [-0.25, -0.2) is 4.57 Å². The zero-order valence-corrected chi connectivity index (χ0v) is 16.8. The quantitative estimate of drug-likeness (QED) is 0.278. The summed E-state index contributed by atoms with van der Waals surface area (Å²) in [7, 11) is -3.08. The van der Waals surface area contributed by atoms with Crippen molar-refractivity contribution in [3.63, 3.8) is 0 Å². The van der Waals surface area contributed by atoms with E-state index < -0.39 is 7.60 Å². The Bertz CT molecular complexity index is 499. The molecule has 0 aromatic heterocycles. The summed E-state index contributed by atoms with van der Waals surface area (Å²) in [6.45, 7) is 9.06. The Balaban J connectivity index is 2.68. The van der Waals surface area contributed by atoms with Crippen LogP contribution in [0.5, 0.6) is 5.75 Å². The Morgan fingerprint density at radius 2 is 1.62 bits per heavy atom. The van der Waals surface area contributed by atoms with E-state index in [1.807, 2.05) is 24.3 Å². The molecule has 1 atom stereocenters. The largest absolute Gasteiger partial charge is 0.424 e. The SMILES string of the molecule is CCCCCCCOP(=O)(CCCC)Oc1ccccc1C(C)C. The van der Waals surface area contributed by atoms with Gasteiger partial charge >= 0.3 is 7.60 Å². The first-order valence-corrected chi connectivity index (χ1v) is 11.3. The molecule has 4 heteroatoms. The molecule has 0 aliphatic rings. The van der Waals surface area contributed by atoms with E-state index in [-0.39, 0.29) is 0 Å².